The van der Waals surface area contributed by atoms with Gasteiger partial charge < -0.3 is 0 Å². The van der Waals surface area contributed by atoms with Crippen LogP contribution in [-0.2, 0) is 0 Å². The summed E-state index contributed by atoms with van der Waals surface area (Å²) in [6.45, 7) is 9.35. The molecular weight excluding hydrogens is 110 g/mol. The molecule has 0 saturated heterocycles. The Morgan fingerprint density at radius 2 is 2.11 bits per heavy atom. The molecule has 1 aliphatic rings. The van der Waals surface area contributed by atoms with E-state index in [9.17, 15) is 0 Å². The zero-order valence-electron chi connectivity index (χ0n) is 6.43. The van der Waals surface area contributed by atoms with Crippen molar-refractivity contribution < 1.29 is 0 Å². The molecule has 0 amide bonds. The van der Waals surface area contributed by atoms with E-state index in [2.05, 4.69) is 25.7 Å². The molecule has 1 aliphatic carbocycles. The molecule has 0 N–H and O–H groups in total. The van der Waals surface area contributed by atoms with Crippen LogP contribution in [0.3, 0.4) is 0 Å². The third kappa shape index (κ3) is 1.68. The standard InChI is InChI=1S/C8H16N/c1-4-9(7(2)3)8-5-6-8/h7-8H,1,4-6H2,2-3H3. The van der Waals surface area contributed by atoms with Crippen molar-refractivity contribution in [1.29, 1.82) is 0 Å². The average Bonchev–Trinajstić information content (AvgIpc) is 2.50. The van der Waals surface area contributed by atoms with Crippen molar-refractivity contribution in [1.82, 2.24) is 4.90 Å². The van der Waals surface area contributed by atoms with Crippen molar-refractivity contribution >= 4 is 0 Å². The first-order valence-corrected chi connectivity index (χ1v) is 3.80. The summed E-state index contributed by atoms with van der Waals surface area (Å²) in [5.74, 6) is 0. The van der Waals surface area contributed by atoms with Gasteiger partial charge in [-0.3, -0.25) is 4.90 Å². The monoisotopic (exact) mass is 126 g/mol. The lowest BCUT2D eigenvalue weighted by atomic mass is 10.3. The van der Waals surface area contributed by atoms with Crippen molar-refractivity contribution in [2.24, 2.45) is 0 Å². The number of nitrogens with zero attached hydrogens (tertiary/aromatic N) is 1. The van der Waals surface area contributed by atoms with E-state index in [1.807, 2.05) is 0 Å². The molecule has 1 saturated carbocycles. The summed E-state index contributed by atoms with van der Waals surface area (Å²) in [5, 5.41) is 0. The molecule has 1 radical (unpaired) electrons. The highest BCUT2D eigenvalue weighted by molar-refractivity contribution is 4.86. The lowest BCUT2D eigenvalue weighted by Gasteiger charge is -2.23. The molecule has 0 spiro atoms. The maximum absolute atomic E-state index is 3.89. The van der Waals surface area contributed by atoms with E-state index in [1.165, 1.54) is 12.8 Å². The van der Waals surface area contributed by atoms with E-state index in [0.717, 1.165) is 12.6 Å². The first-order valence-electron chi connectivity index (χ1n) is 3.80. The normalized spacial score (nSPS) is 19.7. The summed E-state index contributed by atoms with van der Waals surface area (Å²) in [7, 11) is 0. The van der Waals surface area contributed by atoms with E-state index in [1.54, 1.807) is 0 Å². The van der Waals surface area contributed by atoms with Crippen LogP contribution in [0.2, 0.25) is 0 Å². The Kier molecular flexibility index (Phi) is 2.12. The second-order valence-electron chi connectivity index (χ2n) is 3.06. The van der Waals surface area contributed by atoms with Gasteiger partial charge in [-0.2, -0.15) is 0 Å². The summed E-state index contributed by atoms with van der Waals surface area (Å²) in [6, 6.07) is 1.57. The predicted octanol–water partition coefficient (Wildman–Crippen LogP) is 1.69. The molecule has 1 fully saturated rings. The Morgan fingerprint density at radius 1 is 1.56 bits per heavy atom. The fourth-order valence-electron chi connectivity index (χ4n) is 1.27. The van der Waals surface area contributed by atoms with E-state index in [0.29, 0.717) is 6.04 Å². The molecule has 0 aromatic rings. The van der Waals surface area contributed by atoms with E-state index < -0.39 is 0 Å². The molecule has 1 rings (SSSR count). The topological polar surface area (TPSA) is 3.24 Å². The van der Waals surface area contributed by atoms with E-state index in [4.69, 9.17) is 0 Å². The quantitative estimate of drug-likeness (QED) is 0.556. The van der Waals surface area contributed by atoms with Crippen LogP contribution in [-0.4, -0.2) is 23.5 Å². The summed E-state index contributed by atoms with van der Waals surface area (Å²) in [6.07, 6.45) is 2.79. The highest BCUT2D eigenvalue weighted by Gasteiger charge is 2.28. The molecule has 0 heterocycles. The summed E-state index contributed by atoms with van der Waals surface area (Å²) in [5.41, 5.74) is 0. The van der Waals surface area contributed by atoms with Crippen LogP contribution in [0.25, 0.3) is 0 Å². The lowest BCUT2D eigenvalue weighted by Crippen LogP contribution is -2.32. The largest absolute Gasteiger partial charge is 0.298 e. The lowest BCUT2D eigenvalue weighted by molar-refractivity contribution is 0.234. The van der Waals surface area contributed by atoms with Crippen molar-refractivity contribution in [2.75, 3.05) is 6.54 Å². The summed E-state index contributed by atoms with van der Waals surface area (Å²) >= 11 is 0. The van der Waals surface area contributed by atoms with Gasteiger partial charge in [-0.1, -0.05) is 0 Å². The van der Waals surface area contributed by atoms with Crippen LogP contribution in [0.1, 0.15) is 26.7 Å². The van der Waals surface area contributed by atoms with Crippen molar-refractivity contribution in [3.05, 3.63) is 6.92 Å². The van der Waals surface area contributed by atoms with Gasteiger partial charge in [0.25, 0.3) is 0 Å². The zero-order valence-corrected chi connectivity index (χ0v) is 6.43. The number of hydrogen-bond acceptors (Lipinski definition) is 1. The van der Waals surface area contributed by atoms with Gasteiger partial charge in [-0.15, -0.1) is 0 Å². The van der Waals surface area contributed by atoms with Crippen LogP contribution >= 0.6 is 0 Å². The fraction of sp³-hybridized carbons (Fsp3) is 0.875. The summed E-state index contributed by atoms with van der Waals surface area (Å²) in [4.78, 5) is 2.46. The number of rotatable bonds is 3. The zero-order chi connectivity index (χ0) is 6.85. The molecule has 0 aromatic carbocycles. The van der Waals surface area contributed by atoms with Gasteiger partial charge in [0.05, 0.1) is 0 Å². The minimum absolute atomic E-state index is 0.690. The SMILES string of the molecule is [CH2]CN(C(C)C)C1CC1. The van der Waals surface area contributed by atoms with Gasteiger partial charge in [0.2, 0.25) is 0 Å². The molecule has 1 nitrogen and oxygen atoms in total. The third-order valence-electron chi connectivity index (χ3n) is 1.94. The highest BCUT2D eigenvalue weighted by Crippen LogP contribution is 2.27. The van der Waals surface area contributed by atoms with Crippen molar-refractivity contribution in [3.63, 3.8) is 0 Å². The van der Waals surface area contributed by atoms with Crippen LogP contribution in [0.15, 0.2) is 0 Å². The van der Waals surface area contributed by atoms with Crippen LogP contribution in [0.4, 0.5) is 0 Å². The molecule has 0 aliphatic heterocycles. The summed E-state index contributed by atoms with van der Waals surface area (Å²) < 4.78 is 0. The molecule has 1 heteroatoms. The Bertz CT molecular complexity index is 82.6. The van der Waals surface area contributed by atoms with Crippen LogP contribution in [0.5, 0.6) is 0 Å². The molecule has 53 valence electrons. The maximum atomic E-state index is 3.89. The molecular formula is C8H16N. The smallest absolute Gasteiger partial charge is 0.00991 e. The van der Waals surface area contributed by atoms with Crippen molar-refractivity contribution in [2.45, 2.75) is 38.8 Å². The Morgan fingerprint density at radius 3 is 2.22 bits per heavy atom. The maximum Gasteiger partial charge on any atom is 0.00991 e. The van der Waals surface area contributed by atoms with Gasteiger partial charge in [-0.05, 0) is 40.2 Å². The molecule has 0 bridgehead atoms. The number of hydrogen-bond donors (Lipinski definition) is 0. The molecule has 0 aromatic heterocycles. The fourth-order valence-corrected chi connectivity index (χ4v) is 1.27. The van der Waals surface area contributed by atoms with E-state index >= 15 is 0 Å². The predicted molar refractivity (Wildman–Crippen MR) is 40.2 cm³/mol. The van der Waals surface area contributed by atoms with Gasteiger partial charge in [0.1, 0.15) is 0 Å². The Balaban J connectivity index is 2.28. The third-order valence-corrected chi connectivity index (χ3v) is 1.94. The van der Waals surface area contributed by atoms with Gasteiger partial charge in [0.15, 0.2) is 0 Å². The van der Waals surface area contributed by atoms with Gasteiger partial charge in [-0.25, -0.2) is 0 Å². The molecule has 0 unspecified atom stereocenters. The average molecular weight is 126 g/mol. The van der Waals surface area contributed by atoms with Gasteiger partial charge in [0, 0.05) is 12.1 Å². The Labute approximate surface area is 58.0 Å². The van der Waals surface area contributed by atoms with Crippen molar-refractivity contribution in [3.8, 4) is 0 Å². The molecule has 0 atom stereocenters. The first-order chi connectivity index (χ1) is 4.25. The van der Waals surface area contributed by atoms with Crippen LogP contribution < -0.4 is 0 Å². The van der Waals surface area contributed by atoms with Crippen LogP contribution in [0, 0.1) is 6.92 Å². The highest BCUT2D eigenvalue weighted by atomic mass is 15.2. The minimum Gasteiger partial charge on any atom is -0.298 e. The van der Waals surface area contributed by atoms with E-state index in [-0.39, 0.29) is 0 Å². The first kappa shape index (κ1) is 7.07. The van der Waals surface area contributed by atoms with Gasteiger partial charge >= 0.3 is 0 Å². The minimum atomic E-state index is 0.690. The molecule has 9 heavy (non-hydrogen) atoms. The Hall–Kier alpha value is -0.0400. The second-order valence-corrected chi connectivity index (χ2v) is 3.06. The second kappa shape index (κ2) is 2.70.